The van der Waals surface area contributed by atoms with E-state index in [-0.39, 0.29) is 6.03 Å². The van der Waals surface area contributed by atoms with Gasteiger partial charge in [-0.3, -0.25) is 0 Å². The highest BCUT2D eigenvalue weighted by atomic mass is 16.5. The molecule has 2 aromatic carbocycles. The highest BCUT2D eigenvalue weighted by molar-refractivity contribution is 6.00. The number of ether oxygens (including phenoxy) is 2. The van der Waals surface area contributed by atoms with Gasteiger partial charge in [-0.1, -0.05) is 0 Å². The molecule has 0 saturated carbocycles. The van der Waals surface area contributed by atoms with E-state index in [1.165, 1.54) is 0 Å². The molecule has 1 aromatic heterocycles. The summed E-state index contributed by atoms with van der Waals surface area (Å²) in [6.07, 6.45) is 0. The highest BCUT2D eigenvalue weighted by Gasteiger charge is 2.08. The molecular formula is C22H26N6O3. The molecule has 0 aliphatic carbocycles. The summed E-state index contributed by atoms with van der Waals surface area (Å²) in [4.78, 5) is 21.0. The molecule has 162 valence electrons. The summed E-state index contributed by atoms with van der Waals surface area (Å²) in [5, 5.41) is 12.0. The first kappa shape index (κ1) is 21.7. The first-order valence-corrected chi connectivity index (χ1v) is 9.77. The van der Waals surface area contributed by atoms with Crippen molar-refractivity contribution in [2.45, 2.75) is 13.8 Å². The maximum absolute atomic E-state index is 12.3. The average Bonchev–Trinajstić information content (AvgIpc) is 2.75. The molecule has 0 spiro atoms. The summed E-state index contributed by atoms with van der Waals surface area (Å²) in [7, 11) is 3.10. The summed E-state index contributed by atoms with van der Waals surface area (Å²) in [6.45, 7) is 4.63. The van der Waals surface area contributed by atoms with Gasteiger partial charge in [0.2, 0.25) is 0 Å². The van der Waals surface area contributed by atoms with Crippen molar-refractivity contribution in [3.63, 3.8) is 0 Å². The predicted octanol–water partition coefficient (Wildman–Crippen LogP) is 4.62. The Balaban J connectivity index is 1.61. The number of aryl methyl sites for hydroxylation is 1. The number of carbonyl (C=O) groups is 1. The van der Waals surface area contributed by atoms with Gasteiger partial charge in [0.05, 0.1) is 14.2 Å². The minimum Gasteiger partial charge on any atom is -0.493 e. The Morgan fingerprint density at radius 2 is 1.45 bits per heavy atom. The molecule has 3 aromatic rings. The lowest BCUT2D eigenvalue weighted by Crippen LogP contribution is -2.19. The summed E-state index contributed by atoms with van der Waals surface area (Å²) in [6, 6.07) is 14.0. The van der Waals surface area contributed by atoms with Gasteiger partial charge in [0.1, 0.15) is 17.5 Å². The second kappa shape index (κ2) is 10.1. The molecule has 0 fully saturated rings. The molecule has 2 amide bonds. The van der Waals surface area contributed by atoms with Crippen LogP contribution in [0.5, 0.6) is 11.5 Å². The van der Waals surface area contributed by atoms with Gasteiger partial charge in [-0.05, 0) is 50.2 Å². The van der Waals surface area contributed by atoms with Crippen molar-refractivity contribution in [3.8, 4) is 11.5 Å². The van der Waals surface area contributed by atoms with Crippen LogP contribution in [0.4, 0.5) is 33.5 Å². The Bertz CT molecular complexity index is 1040. The van der Waals surface area contributed by atoms with Crippen LogP contribution in [-0.4, -0.2) is 36.8 Å². The Hall–Kier alpha value is -4.01. The molecule has 0 atom stereocenters. The fourth-order valence-electron chi connectivity index (χ4n) is 2.90. The Kier molecular flexibility index (Phi) is 7.10. The highest BCUT2D eigenvalue weighted by Crippen LogP contribution is 2.29. The molecule has 0 unspecified atom stereocenters. The van der Waals surface area contributed by atoms with Crippen LogP contribution in [0.3, 0.4) is 0 Å². The number of benzene rings is 2. The number of hydrogen-bond donors (Lipinski definition) is 4. The summed E-state index contributed by atoms with van der Waals surface area (Å²) >= 11 is 0. The molecule has 4 N–H and O–H groups in total. The van der Waals surface area contributed by atoms with E-state index in [0.717, 1.165) is 18.1 Å². The van der Waals surface area contributed by atoms with Crippen molar-refractivity contribution in [2.75, 3.05) is 42.0 Å². The lowest BCUT2D eigenvalue weighted by molar-refractivity contribution is 0.262. The minimum absolute atomic E-state index is 0.366. The summed E-state index contributed by atoms with van der Waals surface area (Å²) < 4.78 is 10.5. The smallest absolute Gasteiger partial charge is 0.323 e. The van der Waals surface area contributed by atoms with Gasteiger partial charge in [-0.15, -0.1) is 0 Å². The largest absolute Gasteiger partial charge is 0.493 e. The van der Waals surface area contributed by atoms with Crippen LogP contribution in [0.2, 0.25) is 0 Å². The molecule has 0 bridgehead atoms. The zero-order chi connectivity index (χ0) is 22.2. The normalized spacial score (nSPS) is 10.2. The van der Waals surface area contributed by atoms with Crippen LogP contribution in [-0.2, 0) is 0 Å². The van der Waals surface area contributed by atoms with Crippen LogP contribution in [0.1, 0.15) is 12.7 Å². The number of urea groups is 1. The third-order valence-electron chi connectivity index (χ3n) is 4.25. The van der Waals surface area contributed by atoms with Crippen LogP contribution in [0.25, 0.3) is 0 Å². The fraction of sp³-hybridized carbons (Fsp3) is 0.227. The Labute approximate surface area is 181 Å². The third kappa shape index (κ3) is 5.99. The van der Waals surface area contributed by atoms with Gasteiger partial charge < -0.3 is 30.7 Å². The molecule has 0 saturated heterocycles. The molecule has 31 heavy (non-hydrogen) atoms. The van der Waals surface area contributed by atoms with Crippen molar-refractivity contribution in [2.24, 2.45) is 0 Å². The first-order chi connectivity index (χ1) is 15.0. The number of aromatic nitrogens is 2. The van der Waals surface area contributed by atoms with E-state index in [1.807, 2.05) is 32.0 Å². The van der Waals surface area contributed by atoms with E-state index in [1.54, 1.807) is 44.6 Å². The molecule has 1 heterocycles. The lowest BCUT2D eigenvalue weighted by atomic mass is 10.2. The molecule has 9 nitrogen and oxygen atoms in total. The van der Waals surface area contributed by atoms with Gasteiger partial charge in [0.15, 0.2) is 11.5 Å². The quantitative estimate of drug-likeness (QED) is 0.419. The molecule has 9 heteroatoms. The van der Waals surface area contributed by atoms with E-state index < -0.39 is 0 Å². The fourth-order valence-corrected chi connectivity index (χ4v) is 2.90. The van der Waals surface area contributed by atoms with Gasteiger partial charge in [-0.25, -0.2) is 14.8 Å². The van der Waals surface area contributed by atoms with Crippen LogP contribution in [0.15, 0.2) is 48.5 Å². The van der Waals surface area contributed by atoms with Gasteiger partial charge in [0.25, 0.3) is 0 Å². The van der Waals surface area contributed by atoms with E-state index in [2.05, 4.69) is 31.2 Å². The number of amides is 2. The van der Waals surface area contributed by atoms with E-state index in [4.69, 9.17) is 9.47 Å². The molecule has 0 aliphatic heterocycles. The molecule has 0 aliphatic rings. The van der Waals surface area contributed by atoms with Gasteiger partial charge >= 0.3 is 6.03 Å². The molecule has 3 rings (SSSR count). The molecule has 0 radical (unpaired) electrons. The van der Waals surface area contributed by atoms with Gasteiger partial charge in [0, 0.05) is 35.7 Å². The lowest BCUT2D eigenvalue weighted by Gasteiger charge is -2.12. The van der Waals surface area contributed by atoms with Crippen LogP contribution >= 0.6 is 0 Å². The SMILES string of the molecule is CCNc1cc(Nc2ccc(NC(=O)Nc3ccc(OC)c(OC)c3)cc2)nc(C)n1. The second-order valence-corrected chi connectivity index (χ2v) is 6.57. The average molecular weight is 422 g/mol. The summed E-state index contributed by atoms with van der Waals surface area (Å²) in [5.41, 5.74) is 2.08. The number of anilines is 5. The van der Waals surface area contributed by atoms with Crippen molar-refractivity contribution < 1.29 is 14.3 Å². The predicted molar refractivity (Wildman–Crippen MR) is 123 cm³/mol. The van der Waals surface area contributed by atoms with Crippen LogP contribution < -0.4 is 30.7 Å². The maximum Gasteiger partial charge on any atom is 0.323 e. The number of nitrogens with one attached hydrogen (secondary N) is 4. The van der Waals surface area contributed by atoms with Gasteiger partial charge in [-0.2, -0.15) is 0 Å². The van der Waals surface area contributed by atoms with Crippen LogP contribution in [0, 0.1) is 6.92 Å². The molecular weight excluding hydrogens is 396 g/mol. The number of methoxy groups -OCH3 is 2. The number of rotatable bonds is 8. The van der Waals surface area contributed by atoms with E-state index in [9.17, 15) is 4.79 Å². The zero-order valence-electron chi connectivity index (χ0n) is 17.9. The van der Waals surface area contributed by atoms with Crippen molar-refractivity contribution in [1.29, 1.82) is 0 Å². The maximum atomic E-state index is 12.3. The van der Waals surface area contributed by atoms with E-state index in [0.29, 0.717) is 34.5 Å². The number of hydrogen-bond acceptors (Lipinski definition) is 7. The zero-order valence-corrected chi connectivity index (χ0v) is 17.9. The second-order valence-electron chi connectivity index (χ2n) is 6.57. The third-order valence-corrected chi connectivity index (χ3v) is 4.25. The minimum atomic E-state index is -0.366. The first-order valence-electron chi connectivity index (χ1n) is 9.77. The van der Waals surface area contributed by atoms with E-state index >= 15 is 0 Å². The Morgan fingerprint density at radius 1 is 0.839 bits per heavy atom. The standard InChI is InChI=1S/C22H26N6O3/c1-5-23-20-13-21(25-14(2)24-20)26-15-6-8-16(9-7-15)27-22(29)28-17-10-11-18(30-3)19(12-17)31-4/h6-13H,5H2,1-4H3,(H2,27,28,29)(H2,23,24,25,26). The number of carbonyl (C=O) groups excluding carboxylic acids is 1. The summed E-state index contributed by atoms with van der Waals surface area (Å²) in [5.74, 6) is 3.25. The number of nitrogens with zero attached hydrogens (tertiary/aromatic N) is 2. The topological polar surface area (TPSA) is 109 Å². The van der Waals surface area contributed by atoms with Crippen molar-refractivity contribution in [3.05, 3.63) is 54.4 Å². The monoisotopic (exact) mass is 422 g/mol. The van der Waals surface area contributed by atoms with Crippen molar-refractivity contribution in [1.82, 2.24) is 9.97 Å². The Morgan fingerprint density at radius 3 is 2.13 bits per heavy atom. The van der Waals surface area contributed by atoms with Crippen molar-refractivity contribution >= 4 is 34.7 Å².